The molecule has 10 heteroatoms. The summed E-state index contributed by atoms with van der Waals surface area (Å²) in [5, 5.41) is 4.78. The molecule has 1 aliphatic rings. The number of carbonyl (C=O) groups excluding carboxylic acids is 3. The van der Waals surface area contributed by atoms with E-state index in [9.17, 15) is 14.4 Å². The average Bonchev–Trinajstić information content (AvgIpc) is 3.39. The molecule has 0 fully saturated rings. The van der Waals surface area contributed by atoms with E-state index in [1.165, 1.54) is 6.26 Å². The monoisotopic (exact) mass is 468 g/mol. The summed E-state index contributed by atoms with van der Waals surface area (Å²) >= 11 is 5.82. The molecule has 2 heterocycles. The molecular formula is C23H21ClN4O5. The highest BCUT2D eigenvalue weighted by Crippen LogP contribution is 2.29. The van der Waals surface area contributed by atoms with Crippen LogP contribution >= 0.6 is 11.6 Å². The molecule has 0 spiro atoms. The molecule has 1 aliphatic carbocycles. The van der Waals surface area contributed by atoms with Crippen molar-refractivity contribution in [3.8, 4) is 0 Å². The number of benzene rings is 1. The van der Waals surface area contributed by atoms with Gasteiger partial charge in [-0.05, 0) is 57.0 Å². The maximum Gasteiger partial charge on any atom is 0.305 e. The fraction of sp³-hybridized carbons (Fsp3) is 0.217. The second-order valence-electron chi connectivity index (χ2n) is 7.51. The molecular weight excluding hydrogens is 448 g/mol. The van der Waals surface area contributed by atoms with Gasteiger partial charge in [0, 0.05) is 28.1 Å². The van der Waals surface area contributed by atoms with Crippen molar-refractivity contribution in [3.05, 3.63) is 81.2 Å². The average molecular weight is 469 g/mol. The molecule has 0 bridgehead atoms. The summed E-state index contributed by atoms with van der Waals surface area (Å²) in [5.74, 6) is -0.292. The number of amides is 3. The number of rotatable bonds is 4. The highest BCUT2D eigenvalue weighted by atomic mass is 35.5. The maximum absolute atomic E-state index is 12.7. The number of furan rings is 2. The first kappa shape index (κ1) is 22.3. The Morgan fingerprint density at radius 3 is 2.39 bits per heavy atom. The fourth-order valence-corrected chi connectivity index (χ4v) is 3.77. The number of nitrogens with zero attached hydrogens (tertiary/aromatic N) is 1. The van der Waals surface area contributed by atoms with Crippen LogP contribution in [0.15, 0.2) is 50.5 Å². The molecule has 2 aromatic heterocycles. The van der Waals surface area contributed by atoms with Crippen molar-refractivity contribution in [3.63, 3.8) is 0 Å². The van der Waals surface area contributed by atoms with Crippen LogP contribution in [0.5, 0.6) is 0 Å². The predicted molar refractivity (Wildman–Crippen MR) is 120 cm³/mol. The third kappa shape index (κ3) is 4.68. The number of fused-ring (bicyclic) bond motifs is 1. The molecule has 1 aromatic carbocycles. The molecule has 170 valence electrons. The van der Waals surface area contributed by atoms with Crippen molar-refractivity contribution in [2.24, 2.45) is 5.10 Å². The first-order valence-electron chi connectivity index (χ1n) is 10.2. The van der Waals surface area contributed by atoms with Crippen LogP contribution in [-0.2, 0) is 6.42 Å². The minimum atomic E-state index is -0.596. The highest BCUT2D eigenvalue weighted by Gasteiger charge is 2.28. The van der Waals surface area contributed by atoms with Crippen LogP contribution in [0.2, 0.25) is 5.02 Å². The van der Waals surface area contributed by atoms with Gasteiger partial charge >= 0.3 is 5.91 Å². The lowest BCUT2D eigenvalue weighted by atomic mass is 9.93. The van der Waals surface area contributed by atoms with Gasteiger partial charge in [-0.1, -0.05) is 11.6 Å². The SMILES string of the molecule is Cc1occc1C(=O)N/N=C1\CCCc2oc(C(=O)NNC(=O)c3ccc(Cl)cc3)c(C)c21. The van der Waals surface area contributed by atoms with Gasteiger partial charge in [0.1, 0.15) is 11.5 Å². The van der Waals surface area contributed by atoms with Gasteiger partial charge in [-0.3, -0.25) is 25.2 Å². The topological polar surface area (TPSA) is 126 Å². The van der Waals surface area contributed by atoms with E-state index < -0.39 is 11.8 Å². The molecule has 3 aromatic rings. The number of hydrazone groups is 1. The summed E-state index contributed by atoms with van der Waals surface area (Å²) in [7, 11) is 0. The van der Waals surface area contributed by atoms with E-state index in [2.05, 4.69) is 21.4 Å². The standard InChI is InChI=1S/C23H21ClN4O5/c1-12-19-17(25-27-22(30)16-10-11-32-13(16)2)4-3-5-18(19)33-20(12)23(31)28-26-21(29)14-6-8-15(24)9-7-14/h6-11H,3-5H2,1-2H3,(H,26,29)(H,27,30)(H,28,31)/b25-17+. The molecule has 0 saturated heterocycles. The third-order valence-electron chi connectivity index (χ3n) is 5.32. The van der Waals surface area contributed by atoms with Gasteiger partial charge in [0.2, 0.25) is 0 Å². The number of hydrogen-bond acceptors (Lipinski definition) is 6. The Morgan fingerprint density at radius 2 is 1.70 bits per heavy atom. The first-order chi connectivity index (χ1) is 15.8. The van der Waals surface area contributed by atoms with Crippen LogP contribution in [0.1, 0.15) is 66.8 Å². The van der Waals surface area contributed by atoms with Crippen LogP contribution in [0.3, 0.4) is 0 Å². The minimum Gasteiger partial charge on any atom is -0.469 e. The van der Waals surface area contributed by atoms with Gasteiger partial charge in [-0.25, -0.2) is 5.43 Å². The van der Waals surface area contributed by atoms with Crippen molar-refractivity contribution in [1.82, 2.24) is 16.3 Å². The van der Waals surface area contributed by atoms with E-state index in [-0.39, 0.29) is 11.7 Å². The van der Waals surface area contributed by atoms with E-state index in [0.29, 0.717) is 57.4 Å². The second-order valence-corrected chi connectivity index (χ2v) is 7.95. The Hall–Kier alpha value is -3.85. The van der Waals surface area contributed by atoms with Gasteiger partial charge in [-0.2, -0.15) is 5.10 Å². The summed E-state index contributed by atoms with van der Waals surface area (Å²) in [5.41, 5.74) is 9.90. The third-order valence-corrected chi connectivity index (χ3v) is 5.58. The van der Waals surface area contributed by atoms with Crippen molar-refractivity contribution in [2.75, 3.05) is 0 Å². The lowest BCUT2D eigenvalue weighted by Gasteiger charge is -2.13. The van der Waals surface area contributed by atoms with Crippen LogP contribution in [-0.4, -0.2) is 23.4 Å². The molecule has 0 radical (unpaired) electrons. The summed E-state index contributed by atoms with van der Waals surface area (Å²) in [4.78, 5) is 37.3. The Labute approximate surface area is 194 Å². The zero-order chi connectivity index (χ0) is 23.5. The summed E-state index contributed by atoms with van der Waals surface area (Å²) in [6, 6.07) is 7.82. The van der Waals surface area contributed by atoms with E-state index >= 15 is 0 Å². The molecule has 3 amide bonds. The predicted octanol–water partition coefficient (Wildman–Crippen LogP) is 3.69. The van der Waals surface area contributed by atoms with Gasteiger partial charge < -0.3 is 8.83 Å². The van der Waals surface area contributed by atoms with Gasteiger partial charge in [0.25, 0.3) is 11.8 Å². The van der Waals surface area contributed by atoms with E-state index in [4.69, 9.17) is 20.4 Å². The minimum absolute atomic E-state index is 0.0722. The lowest BCUT2D eigenvalue weighted by Crippen LogP contribution is -2.41. The zero-order valence-electron chi connectivity index (χ0n) is 18.0. The Bertz CT molecular complexity index is 1260. The molecule has 0 saturated carbocycles. The molecule has 0 atom stereocenters. The van der Waals surface area contributed by atoms with Crippen LogP contribution < -0.4 is 16.3 Å². The van der Waals surface area contributed by atoms with E-state index in [0.717, 1.165) is 6.42 Å². The summed E-state index contributed by atoms with van der Waals surface area (Å²) in [6.07, 6.45) is 3.45. The number of hydrogen-bond donors (Lipinski definition) is 3. The van der Waals surface area contributed by atoms with Gasteiger partial charge in [0.15, 0.2) is 5.76 Å². The quantitative estimate of drug-likeness (QED) is 0.503. The molecule has 3 N–H and O–H groups in total. The second kappa shape index (κ2) is 9.33. The Kier molecular flexibility index (Phi) is 6.32. The van der Waals surface area contributed by atoms with Crippen molar-refractivity contribution in [1.29, 1.82) is 0 Å². The van der Waals surface area contributed by atoms with Crippen LogP contribution in [0.4, 0.5) is 0 Å². The summed E-state index contributed by atoms with van der Waals surface area (Å²) in [6.45, 7) is 3.43. The van der Waals surface area contributed by atoms with Gasteiger partial charge in [-0.15, -0.1) is 0 Å². The smallest absolute Gasteiger partial charge is 0.305 e. The van der Waals surface area contributed by atoms with Crippen LogP contribution in [0.25, 0.3) is 0 Å². The number of aryl methyl sites for hydroxylation is 2. The van der Waals surface area contributed by atoms with E-state index in [1.54, 1.807) is 44.2 Å². The maximum atomic E-state index is 12.7. The van der Waals surface area contributed by atoms with Crippen LogP contribution in [0, 0.1) is 13.8 Å². The van der Waals surface area contributed by atoms with E-state index in [1.807, 2.05) is 0 Å². The normalized spacial score (nSPS) is 14.0. The molecule has 9 nitrogen and oxygen atoms in total. The number of halogens is 1. The molecule has 33 heavy (non-hydrogen) atoms. The Morgan fingerprint density at radius 1 is 0.970 bits per heavy atom. The zero-order valence-corrected chi connectivity index (χ0v) is 18.7. The summed E-state index contributed by atoms with van der Waals surface area (Å²) < 4.78 is 10.9. The fourth-order valence-electron chi connectivity index (χ4n) is 3.64. The van der Waals surface area contributed by atoms with Crippen molar-refractivity contribution >= 4 is 35.0 Å². The lowest BCUT2D eigenvalue weighted by molar-refractivity contribution is 0.0829. The first-order valence-corrected chi connectivity index (χ1v) is 10.6. The number of carbonyl (C=O) groups is 3. The van der Waals surface area contributed by atoms with Gasteiger partial charge in [0.05, 0.1) is 17.5 Å². The van der Waals surface area contributed by atoms with Crippen molar-refractivity contribution in [2.45, 2.75) is 33.1 Å². The highest BCUT2D eigenvalue weighted by molar-refractivity contribution is 6.30. The molecule has 0 aliphatic heterocycles. The molecule has 0 unspecified atom stereocenters. The largest absolute Gasteiger partial charge is 0.469 e. The molecule has 4 rings (SSSR count). The number of nitrogens with one attached hydrogen (secondary N) is 3. The van der Waals surface area contributed by atoms with Crippen molar-refractivity contribution < 1.29 is 23.2 Å². The number of hydrazine groups is 1. The Balaban J connectivity index is 1.48.